The van der Waals surface area contributed by atoms with Gasteiger partial charge in [0.1, 0.15) is 10.0 Å². The molecule has 5 aromatic carbocycles. The third-order valence-electron chi connectivity index (χ3n) is 10.1. The van der Waals surface area contributed by atoms with Crippen molar-refractivity contribution in [1.82, 2.24) is 9.97 Å². The van der Waals surface area contributed by atoms with Crippen LogP contribution < -0.4 is 0 Å². The van der Waals surface area contributed by atoms with Crippen LogP contribution in [-0.2, 0) is 10.8 Å². The fourth-order valence-electron chi connectivity index (χ4n) is 8.10. The van der Waals surface area contributed by atoms with Crippen LogP contribution in [0.3, 0.4) is 0 Å². The van der Waals surface area contributed by atoms with Crippen molar-refractivity contribution in [3.05, 3.63) is 118 Å². The first-order valence-electron chi connectivity index (χ1n) is 15.3. The first-order valence-corrected chi connectivity index (χ1v) is 17.0. The molecule has 44 heavy (non-hydrogen) atoms. The van der Waals surface area contributed by atoms with Crippen LogP contribution in [0.1, 0.15) is 61.1 Å². The molecular weight excluding hydrogens is 573 g/mol. The Bertz CT molecular complexity index is 2130. The van der Waals surface area contributed by atoms with Gasteiger partial charge in [-0.25, -0.2) is 9.97 Å². The maximum Gasteiger partial charge on any atom is 0.124 e. The molecule has 7 aromatic rings. The van der Waals surface area contributed by atoms with E-state index in [0.717, 1.165) is 21.0 Å². The van der Waals surface area contributed by atoms with Gasteiger partial charge in [0, 0.05) is 22.0 Å². The molecule has 2 aromatic heterocycles. The summed E-state index contributed by atoms with van der Waals surface area (Å²) >= 11 is 3.57. The number of aryl methyl sites for hydroxylation is 2. The van der Waals surface area contributed by atoms with E-state index in [0.29, 0.717) is 0 Å². The molecule has 0 amide bonds. The fourth-order valence-corrected chi connectivity index (χ4v) is 10.0. The minimum atomic E-state index is -0.142. The standard InChI is InChI=1S/C40H32N2S2/c1-21-17-23(37-41-29-11-7-9-13-31(29)43-37)19-27-33(21)25-15-16-26-34-22(2)18-24(38-42-30-12-8-10-14-32(30)44-38)20-28(34)40(5,6)36(26)35(25)39(27,3)4/h7-20H,1-6H3. The number of rotatable bonds is 2. The van der Waals surface area contributed by atoms with Gasteiger partial charge >= 0.3 is 0 Å². The van der Waals surface area contributed by atoms with E-state index < -0.39 is 0 Å². The van der Waals surface area contributed by atoms with Gasteiger partial charge in [-0.2, -0.15) is 0 Å². The zero-order chi connectivity index (χ0) is 30.1. The largest absolute Gasteiger partial charge is 0.236 e. The van der Waals surface area contributed by atoms with Crippen LogP contribution in [0.5, 0.6) is 0 Å². The highest BCUT2D eigenvalue weighted by molar-refractivity contribution is 7.22. The molecule has 0 unspecified atom stereocenters. The summed E-state index contributed by atoms with van der Waals surface area (Å²) in [6.07, 6.45) is 0. The van der Waals surface area contributed by atoms with Crippen molar-refractivity contribution in [2.75, 3.05) is 0 Å². The van der Waals surface area contributed by atoms with E-state index in [4.69, 9.17) is 9.97 Å². The quantitative estimate of drug-likeness (QED) is 0.196. The molecule has 2 aliphatic carbocycles. The molecule has 9 rings (SSSR count). The Hall–Kier alpha value is -4.12. The molecule has 214 valence electrons. The van der Waals surface area contributed by atoms with Crippen molar-refractivity contribution < 1.29 is 0 Å². The van der Waals surface area contributed by atoms with Crippen molar-refractivity contribution in [2.24, 2.45) is 0 Å². The highest BCUT2D eigenvalue weighted by Crippen LogP contribution is 2.60. The average Bonchev–Trinajstić information content (AvgIpc) is 3.73. The summed E-state index contributed by atoms with van der Waals surface area (Å²) in [6, 6.07) is 31.3. The van der Waals surface area contributed by atoms with Gasteiger partial charge in [0.2, 0.25) is 0 Å². The summed E-state index contributed by atoms with van der Waals surface area (Å²) in [7, 11) is 0. The van der Waals surface area contributed by atoms with E-state index >= 15 is 0 Å². The number of fused-ring (bicyclic) bond motifs is 9. The summed E-state index contributed by atoms with van der Waals surface area (Å²) in [5.74, 6) is 0. The van der Waals surface area contributed by atoms with Crippen LogP contribution in [0.2, 0.25) is 0 Å². The van der Waals surface area contributed by atoms with Gasteiger partial charge in [-0.3, -0.25) is 0 Å². The smallest absolute Gasteiger partial charge is 0.124 e. The summed E-state index contributed by atoms with van der Waals surface area (Å²) in [6.45, 7) is 14.3. The molecule has 4 heteroatoms. The zero-order valence-electron chi connectivity index (χ0n) is 25.8. The van der Waals surface area contributed by atoms with Crippen molar-refractivity contribution in [3.63, 3.8) is 0 Å². The number of hydrogen-bond donors (Lipinski definition) is 0. The number of thiazole rings is 2. The maximum atomic E-state index is 5.03. The summed E-state index contributed by atoms with van der Waals surface area (Å²) < 4.78 is 2.47. The molecule has 2 aliphatic rings. The third kappa shape index (κ3) is 3.41. The normalized spacial score (nSPS) is 15.4. The Morgan fingerprint density at radius 1 is 0.523 bits per heavy atom. The van der Waals surface area contributed by atoms with Gasteiger partial charge in [-0.15, -0.1) is 22.7 Å². The van der Waals surface area contributed by atoms with Crippen LogP contribution in [-0.4, -0.2) is 9.97 Å². The molecule has 0 spiro atoms. The summed E-state index contributed by atoms with van der Waals surface area (Å²) in [4.78, 5) is 10.1. The van der Waals surface area contributed by atoms with Crippen LogP contribution in [0.15, 0.2) is 84.9 Å². The van der Waals surface area contributed by atoms with E-state index in [-0.39, 0.29) is 10.8 Å². The topological polar surface area (TPSA) is 25.8 Å². The van der Waals surface area contributed by atoms with Crippen molar-refractivity contribution >= 4 is 43.1 Å². The van der Waals surface area contributed by atoms with Gasteiger partial charge in [-0.1, -0.05) is 64.1 Å². The number of benzene rings is 5. The predicted octanol–water partition coefficient (Wildman–Crippen LogP) is 11.5. The van der Waals surface area contributed by atoms with Gasteiger partial charge < -0.3 is 0 Å². The number of aromatic nitrogens is 2. The van der Waals surface area contributed by atoms with Crippen LogP contribution >= 0.6 is 22.7 Å². The first-order chi connectivity index (χ1) is 21.1. The second-order valence-corrected chi connectivity index (χ2v) is 15.6. The predicted molar refractivity (Wildman–Crippen MR) is 188 cm³/mol. The maximum absolute atomic E-state index is 5.03. The number of nitrogens with zero attached hydrogens (tertiary/aromatic N) is 2. The lowest BCUT2D eigenvalue weighted by molar-refractivity contribution is 0.601. The van der Waals surface area contributed by atoms with E-state index in [1.165, 1.54) is 76.2 Å². The lowest BCUT2D eigenvalue weighted by Crippen LogP contribution is -2.24. The van der Waals surface area contributed by atoms with E-state index in [9.17, 15) is 0 Å². The molecule has 0 atom stereocenters. The Morgan fingerprint density at radius 2 is 0.932 bits per heavy atom. The molecule has 2 heterocycles. The SMILES string of the molecule is Cc1cc(-c2nc3ccccc3s2)cc2c1-c1ccc3c(c1C2(C)C)C(C)(C)c1cc(-c2nc4ccccc4s2)cc(C)c1-3. The van der Waals surface area contributed by atoms with Crippen molar-refractivity contribution in [1.29, 1.82) is 0 Å². The fraction of sp³-hybridized carbons (Fsp3) is 0.200. The second kappa shape index (κ2) is 8.74. The summed E-state index contributed by atoms with van der Waals surface area (Å²) in [5.41, 5.74) is 18.3. The van der Waals surface area contributed by atoms with Crippen LogP contribution in [0.25, 0.3) is 63.8 Å². The molecule has 0 saturated heterocycles. The summed E-state index contributed by atoms with van der Waals surface area (Å²) in [5, 5.41) is 2.19. The van der Waals surface area contributed by atoms with E-state index in [1.807, 2.05) is 0 Å². The van der Waals surface area contributed by atoms with Crippen molar-refractivity contribution in [3.8, 4) is 43.4 Å². The molecule has 0 radical (unpaired) electrons. The zero-order valence-corrected chi connectivity index (χ0v) is 27.4. The molecule has 0 saturated carbocycles. The molecule has 2 nitrogen and oxygen atoms in total. The molecule has 0 fully saturated rings. The highest BCUT2D eigenvalue weighted by atomic mass is 32.1. The van der Waals surface area contributed by atoms with Crippen LogP contribution in [0.4, 0.5) is 0 Å². The average molecular weight is 605 g/mol. The van der Waals surface area contributed by atoms with Gasteiger partial charge in [0.05, 0.1) is 20.4 Å². The molecule has 0 bridgehead atoms. The molecular formula is C40H32N2S2. The van der Waals surface area contributed by atoms with Gasteiger partial charge in [0.15, 0.2) is 0 Å². The third-order valence-corrected chi connectivity index (χ3v) is 12.3. The lowest BCUT2D eigenvalue weighted by Gasteiger charge is -2.31. The van der Waals surface area contributed by atoms with E-state index in [2.05, 4.69) is 126 Å². The van der Waals surface area contributed by atoms with Gasteiger partial charge in [0.25, 0.3) is 0 Å². The Labute approximate surface area is 266 Å². The first kappa shape index (κ1) is 26.3. The molecule has 0 aliphatic heterocycles. The Morgan fingerprint density at radius 3 is 1.34 bits per heavy atom. The molecule has 0 N–H and O–H groups in total. The van der Waals surface area contributed by atoms with Crippen molar-refractivity contribution in [2.45, 2.75) is 52.4 Å². The highest BCUT2D eigenvalue weighted by Gasteiger charge is 2.46. The minimum Gasteiger partial charge on any atom is -0.236 e. The lowest BCUT2D eigenvalue weighted by atomic mass is 9.72. The number of para-hydroxylation sites is 2. The Kier molecular flexibility index (Phi) is 5.23. The van der Waals surface area contributed by atoms with E-state index in [1.54, 1.807) is 22.7 Å². The number of hydrogen-bond acceptors (Lipinski definition) is 4. The Balaban J connectivity index is 1.22. The van der Waals surface area contributed by atoms with Crippen LogP contribution in [0, 0.1) is 13.8 Å². The second-order valence-electron chi connectivity index (χ2n) is 13.6. The monoisotopic (exact) mass is 604 g/mol. The van der Waals surface area contributed by atoms with Gasteiger partial charge in [-0.05, 0) is 118 Å². The minimum absolute atomic E-state index is 0.142.